The fourth-order valence-electron chi connectivity index (χ4n) is 4.82. The summed E-state index contributed by atoms with van der Waals surface area (Å²) in [7, 11) is -2.57. The Labute approximate surface area is 289 Å². The number of carbonyl (C=O) groups is 2. The molecule has 4 aromatic rings. The van der Waals surface area contributed by atoms with Crippen LogP contribution in [0, 0.1) is 5.82 Å². The molecule has 0 unspecified atom stereocenters. The van der Waals surface area contributed by atoms with E-state index >= 15 is 4.39 Å². The van der Waals surface area contributed by atoms with Crippen LogP contribution in [-0.2, 0) is 14.8 Å². The Balaban J connectivity index is 1.53. The fraction of sp³-hybridized carbons (Fsp3) is 0.310. The van der Waals surface area contributed by atoms with Gasteiger partial charge in [-0.2, -0.15) is 27.5 Å². The maximum Gasteiger partial charge on any atom is 0.407 e. The van der Waals surface area contributed by atoms with Gasteiger partial charge in [-0.1, -0.05) is 23.7 Å². The van der Waals surface area contributed by atoms with E-state index in [1.54, 1.807) is 0 Å². The molecule has 0 bridgehead atoms. The van der Waals surface area contributed by atoms with Crippen LogP contribution in [0.3, 0.4) is 0 Å². The molecular formula is C29H26ClF6N9O5S. The molecule has 22 heteroatoms. The third-order valence-corrected chi connectivity index (χ3v) is 9.81. The normalized spacial score (nSPS) is 14.4. The Bertz CT molecular complexity index is 2090. The lowest BCUT2D eigenvalue weighted by Crippen LogP contribution is -2.46. The molecular weight excluding hydrogens is 736 g/mol. The van der Waals surface area contributed by atoms with Crippen molar-refractivity contribution >= 4 is 39.6 Å². The molecule has 2 aromatic heterocycles. The standard InChI is InChI=1S/C29H26ClF6N9O5S/c1-38-27(37)44(26(46)16-2-6-19(21(31)8-16)17-10-41-43(11-17)51(48,49)18-4-5-18)23(12-50-28(47)39-13-29(34,35)36)15-3-7-20(30)22(9-15)45-25(24(32)33)40-14-42-45/h2-3,6-11,14,18,23-24H,4-5,12-13H2,1H3,(H2,37,38)(H,39,47)/t23-/m1/s1. The van der Waals surface area contributed by atoms with Gasteiger partial charge in [0.1, 0.15) is 25.3 Å². The maximum absolute atomic E-state index is 15.6. The van der Waals surface area contributed by atoms with Crippen LogP contribution in [0.15, 0.2) is 60.1 Å². The van der Waals surface area contributed by atoms with Gasteiger partial charge in [0.05, 0.1) is 34.4 Å². The molecule has 2 amide bonds. The molecule has 2 aromatic carbocycles. The Morgan fingerprint density at radius 3 is 2.53 bits per heavy atom. The first-order valence-corrected chi connectivity index (χ1v) is 16.5. The summed E-state index contributed by atoms with van der Waals surface area (Å²) in [5.41, 5.74) is 5.54. The number of alkyl halides is 5. The summed E-state index contributed by atoms with van der Waals surface area (Å²) in [6.07, 6.45) is -5.37. The van der Waals surface area contributed by atoms with E-state index in [9.17, 15) is 40.0 Å². The number of hydrogen-bond donors (Lipinski definition) is 2. The number of benzene rings is 2. The SMILES string of the molecule is CN=C(N)N(C(=O)c1ccc(-c2cnn(S(=O)(=O)C3CC3)c2)c(F)c1)[C@H](COC(=O)NCC(F)(F)F)c1ccc(Cl)c(-n2ncnc2C(F)F)c1. The second kappa shape index (κ2) is 14.6. The van der Waals surface area contributed by atoms with E-state index in [0.717, 1.165) is 33.8 Å². The van der Waals surface area contributed by atoms with Crippen molar-refractivity contribution in [2.24, 2.45) is 10.7 Å². The molecule has 1 aliphatic rings. The number of nitrogens with one attached hydrogen (secondary N) is 1. The summed E-state index contributed by atoms with van der Waals surface area (Å²) in [6.45, 7) is -2.64. The van der Waals surface area contributed by atoms with E-state index in [2.05, 4.69) is 20.2 Å². The van der Waals surface area contributed by atoms with Gasteiger partial charge in [-0.05, 0) is 42.7 Å². The minimum absolute atomic E-state index is 0.0185. The highest BCUT2D eigenvalue weighted by Gasteiger charge is 2.38. The summed E-state index contributed by atoms with van der Waals surface area (Å²) in [4.78, 5) is 34.4. The van der Waals surface area contributed by atoms with Crippen molar-refractivity contribution in [3.8, 4) is 16.8 Å². The van der Waals surface area contributed by atoms with E-state index < -0.39 is 76.7 Å². The summed E-state index contributed by atoms with van der Waals surface area (Å²) in [5, 5.41) is 8.42. The molecule has 0 radical (unpaired) electrons. The first kappa shape index (κ1) is 37.1. The van der Waals surface area contributed by atoms with Crippen molar-refractivity contribution in [1.29, 1.82) is 0 Å². The van der Waals surface area contributed by atoms with E-state index in [1.165, 1.54) is 42.7 Å². The molecule has 3 N–H and O–H groups in total. The Morgan fingerprint density at radius 1 is 1.18 bits per heavy atom. The second-order valence-corrected chi connectivity index (χ2v) is 13.4. The predicted octanol–water partition coefficient (Wildman–Crippen LogP) is 4.62. The summed E-state index contributed by atoms with van der Waals surface area (Å²) >= 11 is 6.29. The number of rotatable bonds is 11. The van der Waals surface area contributed by atoms with Gasteiger partial charge >= 0.3 is 12.3 Å². The zero-order chi connectivity index (χ0) is 37.2. The zero-order valence-corrected chi connectivity index (χ0v) is 27.6. The largest absolute Gasteiger partial charge is 0.447 e. The van der Waals surface area contributed by atoms with Crippen LogP contribution in [0.1, 0.15) is 47.1 Å². The number of aliphatic imine (C=N–C) groups is 1. The zero-order valence-electron chi connectivity index (χ0n) is 26.1. The van der Waals surface area contributed by atoms with Gasteiger partial charge in [0.2, 0.25) is 0 Å². The lowest BCUT2D eigenvalue weighted by molar-refractivity contribution is -0.123. The van der Waals surface area contributed by atoms with Crippen LogP contribution in [0.2, 0.25) is 5.02 Å². The van der Waals surface area contributed by atoms with Crippen molar-refractivity contribution < 1.29 is 49.1 Å². The average molecular weight is 762 g/mol. The fourth-order valence-corrected chi connectivity index (χ4v) is 6.49. The quantitative estimate of drug-likeness (QED) is 0.125. The number of nitrogens with two attached hydrogens (primary N) is 1. The molecule has 1 saturated carbocycles. The van der Waals surface area contributed by atoms with Crippen LogP contribution in [0.4, 0.5) is 31.1 Å². The van der Waals surface area contributed by atoms with Crippen molar-refractivity contribution in [3.05, 3.63) is 82.9 Å². The van der Waals surface area contributed by atoms with Crippen LogP contribution in [0.25, 0.3) is 16.8 Å². The van der Waals surface area contributed by atoms with Crippen LogP contribution >= 0.6 is 11.6 Å². The van der Waals surface area contributed by atoms with Crippen LogP contribution in [-0.4, -0.2) is 86.9 Å². The molecule has 1 aliphatic carbocycles. The highest BCUT2D eigenvalue weighted by Crippen LogP contribution is 2.33. The number of alkyl carbamates (subject to hydrolysis) is 1. The second-order valence-electron chi connectivity index (χ2n) is 10.9. The number of guanidine groups is 1. The highest BCUT2D eigenvalue weighted by molar-refractivity contribution is 7.90. The topological polar surface area (TPSA) is 180 Å². The smallest absolute Gasteiger partial charge is 0.407 e. The predicted molar refractivity (Wildman–Crippen MR) is 168 cm³/mol. The van der Waals surface area contributed by atoms with Gasteiger partial charge in [0.15, 0.2) is 11.8 Å². The molecule has 1 fully saturated rings. The third-order valence-electron chi connectivity index (χ3n) is 7.46. The molecule has 272 valence electrons. The van der Waals surface area contributed by atoms with Gasteiger partial charge in [-0.3, -0.25) is 14.7 Å². The maximum atomic E-state index is 15.6. The number of ether oxygens (including phenoxy) is 1. The minimum Gasteiger partial charge on any atom is -0.447 e. The van der Waals surface area contributed by atoms with E-state index in [1.807, 2.05) is 0 Å². The van der Waals surface area contributed by atoms with Crippen LogP contribution < -0.4 is 11.1 Å². The molecule has 2 heterocycles. The third kappa shape index (κ3) is 8.25. The minimum atomic E-state index is -4.79. The van der Waals surface area contributed by atoms with Gasteiger partial charge in [-0.15, -0.1) is 0 Å². The average Bonchev–Trinajstić information content (AvgIpc) is 3.62. The highest BCUT2D eigenvalue weighted by atomic mass is 35.5. The summed E-state index contributed by atoms with van der Waals surface area (Å²) < 4.78 is 113. The van der Waals surface area contributed by atoms with Crippen molar-refractivity contribution in [3.63, 3.8) is 0 Å². The number of aromatic nitrogens is 5. The monoisotopic (exact) mass is 761 g/mol. The molecule has 14 nitrogen and oxygen atoms in total. The molecule has 5 rings (SSSR count). The number of halogens is 7. The molecule has 0 saturated heterocycles. The van der Waals surface area contributed by atoms with E-state index in [4.69, 9.17) is 22.1 Å². The van der Waals surface area contributed by atoms with Gasteiger partial charge in [0, 0.05) is 23.7 Å². The van der Waals surface area contributed by atoms with Crippen molar-refractivity contribution in [1.82, 2.24) is 34.2 Å². The van der Waals surface area contributed by atoms with Crippen molar-refractivity contribution in [2.75, 3.05) is 20.2 Å². The Kier molecular flexibility index (Phi) is 10.6. The van der Waals surface area contributed by atoms with Gasteiger partial charge in [-0.25, -0.2) is 36.0 Å². The van der Waals surface area contributed by atoms with Crippen LogP contribution in [0.5, 0.6) is 0 Å². The first-order valence-electron chi connectivity index (χ1n) is 14.6. The first-order chi connectivity index (χ1) is 24.0. The number of amides is 2. The Morgan fingerprint density at radius 2 is 1.90 bits per heavy atom. The van der Waals surface area contributed by atoms with Crippen molar-refractivity contribution in [2.45, 2.75) is 36.7 Å². The molecule has 0 spiro atoms. The van der Waals surface area contributed by atoms with E-state index in [-0.39, 0.29) is 33.0 Å². The molecule has 1 atom stereocenters. The Hall–Kier alpha value is -5.18. The lowest BCUT2D eigenvalue weighted by atomic mass is 10.0. The number of hydrogen-bond acceptors (Lipinski definition) is 9. The summed E-state index contributed by atoms with van der Waals surface area (Å²) in [5.74, 6) is -3.37. The van der Waals surface area contributed by atoms with Gasteiger partial charge in [0.25, 0.3) is 22.4 Å². The summed E-state index contributed by atoms with van der Waals surface area (Å²) in [6, 6.07) is 5.30. The van der Waals surface area contributed by atoms with Gasteiger partial charge < -0.3 is 15.8 Å². The number of carbonyl (C=O) groups excluding carboxylic acids is 2. The number of nitrogens with zero attached hydrogens (tertiary/aromatic N) is 7. The molecule has 51 heavy (non-hydrogen) atoms. The lowest BCUT2D eigenvalue weighted by Gasteiger charge is -2.31. The molecule has 0 aliphatic heterocycles. The van der Waals surface area contributed by atoms with E-state index in [0.29, 0.717) is 17.5 Å².